The number of carbonyl (C=O) groups is 1. The Labute approximate surface area is 109 Å². The van der Waals surface area contributed by atoms with Crippen molar-refractivity contribution in [3.05, 3.63) is 35.9 Å². The van der Waals surface area contributed by atoms with E-state index in [4.69, 9.17) is 0 Å². The van der Waals surface area contributed by atoms with E-state index in [1.807, 2.05) is 30.0 Å². The topological polar surface area (TPSA) is 32.3 Å². The fourth-order valence-electron chi connectivity index (χ4n) is 2.34. The predicted molar refractivity (Wildman–Crippen MR) is 73.2 cm³/mol. The lowest BCUT2D eigenvalue weighted by Crippen LogP contribution is -2.46. The van der Waals surface area contributed by atoms with Crippen molar-refractivity contribution in [2.45, 2.75) is 38.8 Å². The molecule has 1 amide bonds. The van der Waals surface area contributed by atoms with Crippen LogP contribution in [0.5, 0.6) is 0 Å². The van der Waals surface area contributed by atoms with E-state index in [0.29, 0.717) is 0 Å². The molecule has 0 radical (unpaired) electrons. The number of hydrogen-bond acceptors (Lipinski definition) is 2. The van der Waals surface area contributed by atoms with Gasteiger partial charge >= 0.3 is 0 Å². The van der Waals surface area contributed by atoms with Gasteiger partial charge in [0.1, 0.15) is 0 Å². The lowest BCUT2D eigenvalue weighted by molar-refractivity contribution is -0.133. The number of piperidine rings is 1. The first kappa shape index (κ1) is 13.1. The summed E-state index contributed by atoms with van der Waals surface area (Å²) in [5, 5.41) is 3.30. The number of likely N-dealkylation sites (tertiary alicyclic amines) is 1. The van der Waals surface area contributed by atoms with Crippen molar-refractivity contribution >= 4 is 5.91 Å². The van der Waals surface area contributed by atoms with Crippen molar-refractivity contribution in [1.82, 2.24) is 10.2 Å². The summed E-state index contributed by atoms with van der Waals surface area (Å²) in [5.74, 6) is 0.241. The van der Waals surface area contributed by atoms with Crippen molar-refractivity contribution in [3.8, 4) is 0 Å². The molecule has 1 aromatic carbocycles. The van der Waals surface area contributed by atoms with Crippen LogP contribution in [0, 0.1) is 0 Å². The van der Waals surface area contributed by atoms with Gasteiger partial charge < -0.3 is 10.2 Å². The molecule has 1 saturated heterocycles. The fraction of sp³-hybridized carbons (Fsp3) is 0.533. The molecule has 0 aliphatic carbocycles. The highest BCUT2D eigenvalue weighted by molar-refractivity contribution is 5.81. The Bertz CT molecular complexity index is 371. The lowest BCUT2D eigenvalue weighted by atomic mass is 10.1. The van der Waals surface area contributed by atoms with Crippen LogP contribution in [-0.2, 0) is 11.3 Å². The number of amides is 1. The molecule has 1 aliphatic heterocycles. The van der Waals surface area contributed by atoms with Gasteiger partial charge in [-0.15, -0.1) is 0 Å². The van der Waals surface area contributed by atoms with E-state index in [1.165, 1.54) is 12.0 Å². The summed E-state index contributed by atoms with van der Waals surface area (Å²) in [6, 6.07) is 10.1. The highest BCUT2D eigenvalue weighted by atomic mass is 16.2. The van der Waals surface area contributed by atoms with Crippen LogP contribution in [0.2, 0.25) is 0 Å². The molecule has 0 spiro atoms. The summed E-state index contributed by atoms with van der Waals surface area (Å²) in [6.07, 6.45) is 3.56. The minimum absolute atomic E-state index is 0.0942. The molecular formula is C15H22N2O. The molecule has 0 aromatic heterocycles. The summed E-state index contributed by atoms with van der Waals surface area (Å²) in [6.45, 7) is 4.56. The molecule has 1 aromatic rings. The second kappa shape index (κ2) is 6.55. The SMILES string of the molecule is CC(NCc1ccccc1)C(=O)N1CCCCC1. The van der Waals surface area contributed by atoms with E-state index < -0.39 is 0 Å². The molecule has 3 nitrogen and oxygen atoms in total. The average Bonchev–Trinajstić information content (AvgIpc) is 2.46. The zero-order valence-electron chi connectivity index (χ0n) is 11.1. The molecule has 1 heterocycles. The number of nitrogens with one attached hydrogen (secondary N) is 1. The van der Waals surface area contributed by atoms with Crippen LogP contribution in [0.15, 0.2) is 30.3 Å². The van der Waals surface area contributed by atoms with Gasteiger partial charge in [-0.2, -0.15) is 0 Å². The molecule has 1 unspecified atom stereocenters. The van der Waals surface area contributed by atoms with Crippen molar-refractivity contribution in [2.75, 3.05) is 13.1 Å². The molecule has 1 N–H and O–H groups in total. The van der Waals surface area contributed by atoms with Crippen LogP contribution >= 0.6 is 0 Å². The Kier molecular flexibility index (Phi) is 4.76. The zero-order chi connectivity index (χ0) is 12.8. The monoisotopic (exact) mass is 246 g/mol. The minimum atomic E-state index is -0.0942. The van der Waals surface area contributed by atoms with E-state index in [1.54, 1.807) is 0 Å². The minimum Gasteiger partial charge on any atom is -0.341 e. The Balaban J connectivity index is 1.80. The third kappa shape index (κ3) is 3.57. The van der Waals surface area contributed by atoms with Crippen LogP contribution in [-0.4, -0.2) is 29.9 Å². The van der Waals surface area contributed by atoms with Crippen molar-refractivity contribution in [2.24, 2.45) is 0 Å². The number of rotatable bonds is 4. The van der Waals surface area contributed by atoms with Crippen molar-refractivity contribution in [3.63, 3.8) is 0 Å². The molecule has 1 atom stereocenters. The van der Waals surface area contributed by atoms with E-state index in [9.17, 15) is 4.79 Å². The molecule has 18 heavy (non-hydrogen) atoms. The summed E-state index contributed by atoms with van der Waals surface area (Å²) in [4.78, 5) is 14.2. The second-order valence-corrected chi connectivity index (χ2v) is 4.97. The van der Waals surface area contributed by atoms with Gasteiger partial charge in [0.15, 0.2) is 0 Å². The molecule has 3 heteroatoms. The number of nitrogens with zero attached hydrogens (tertiary/aromatic N) is 1. The maximum absolute atomic E-state index is 12.2. The second-order valence-electron chi connectivity index (χ2n) is 4.97. The molecule has 0 saturated carbocycles. The smallest absolute Gasteiger partial charge is 0.239 e. The zero-order valence-corrected chi connectivity index (χ0v) is 11.1. The largest absolute Gasteiger partial charge is 0.341 e. The molecule has 1 fully saturated rings. The normalized spacial score (nSPS) is 17.5. The molecular weight excluding hydrogens is 224 g/mol. The summed E-state index contributed by atoms with van der Waals surface area (Å²) < 4.78 is 0. The van der Waals surface area contributed by atoms with Gasteiger partial charge in [0.2, 0.25) is 5.91 Å². The van der Waals surface area contributed by atoms with E-state index >= 15 is 0 Å². The highest BCUT2D eigenvalue weighted by Crippen LogP contribution is 2.10. The Morgan fingerprint density at radius 3 is 2.56 bits per heavy atom. The first-order valence-electron chi connectivity index (χ1n) is 6.83. The molecule has 98 valence electrons. The average molecular weight is 246 g/mol. The molecule has 0 bridgehead atoms. The van der Waals surface area contributed by atoms with E-state index in [0.717, 1.165) is 32.5 Å². The quantitative estimate of drug-likeness (QED) is 0.883. The number of benzene rings is 1. The van der Waals surface area contributed by atoms with Gasteiger partial charge in [0, 0.05) is 19.6 Å². The van der Waals surface area contributed by atoms with Gasteiger partial charge in [0.05, 0.1) is 6.04 Å². The highest BCUT2D eigenvalue weighted by Gasteiger charge is 2.21. The van der Waals surface area contributed by atoms with Crippen LogP contribution in [0.1, 0.15) is 31.7 Å². The molecule has 2 rings (SSSR count). The Morgan fingerprint density at radius 2 is 1.89 bits per heavy atom. The van der Waals surface area contributed by atoms with Gasteiger partial charge in [-0.3, -0.25) is 4.79 Å². The maximum atomic E-state index is 12.2. The standard InChI is InChI=1S/C15H22N2O/c1-13(15(18)17-10-6-3-7-11-17)16-12-14-8-4-2-5-9-14/h2,4-5,8-9,13,16H,3,6-7,10-12H2,1H3. The van der Waals surface area contributed by atoms with E-state index in [2.05, 4.69) is 17.4 Å². The van der Waals surface area contributed by atoms with Gasteiger partial charge in [-0.25, -0.2) is 0 Å². The summed E-state index contributed by atoms with van der Waals surface area (Å²) in [5.41, 5.74) is 1.22. The summed E-state index contributed by atoms with van der Waals surface area (Å²) >= 11 is 0. The third-order valence-electron chi connectivity index (χ3n) is 3.49. The van der Waals surface area contributed by atoms with E-state index in [-0.39, 0.29) is 11.9 Å². The van der Waals surface area contributed by atoms with Crippen LogP contribution < -0.4 is 5.32 Å². The van der Waals surface area contributed by atoms with Crippen molar-refractivity contribution in [1.29, 1.82) is 0 Å². The first-order chi connectivity index (χ1) is 8.77. The van der Waals surface area contributed by atoms with Gasteiger partial charge in [-0.1, -0.05) is 30.3 Å². The van der Waals surface area contributed by atoms with Crippen molar-refractivity contribution < 1.29 is 4.79 Å². The summed E-state index contributed by atoms with van der Waals surface area (Å²) in [7, 11) is 0. The van der Waals surface area contributed by atoms with Crippen LogP contribution in [0.3, 0.4) is 0 Å². The maximum Gasteiger partial charge on any atom is 0.239 e. The first-order valence-corrected chi connectivity index (χ1v) is 6.83. The van der Waals surface area contributed by atoms with Gasteiger partial charge in [0.25, 0.3) is 0 Å². The Hall–Kier alpha value is -1.35. The molecule has 1 aliphatic rings. The Morgan fingerprint density at radius 1 is 1.22 bits per heavy atom. The fourth-order valence-corrected chi connectivity index (χ4v) is 2.34. The number of carbonyl (C=O) groups excluding carboxylic acids is 1. The predicted octanol–water partition coefficient (Wildman–Crippen LogP) is 2.18. The van der Waals surface area contributed by atoms with Crippen LogP contribution in [0.4, 0.5) is 0 Å². The van der Waals surface area contributed by atoms with Crippen LogP contribution in [0.25, 0.3) is 0 Å². The third-order valence-corrected chi connectivity index (χ3v) is 3.49. The lowest BCUT2D eigenvalue weighted by Gasteiger charge is -2.29. The van der Waals surface area contributed by atoms with Gasteiger partial charge in [-0.05, 0) is 31.7 Å². The number of hydrogen-bond donors (Lipinski definition) is 1.